The highest BCUT2D eigenvalue weighted by Crippen LogP contribution is 2.55. The fraction of sp³-hybridized carbons (Fsp3) is 0.145. The smallest absolute Gasteiger partial charge is 0.164 e. The van der Waals surface area contributed by atoms with Gasteiger partial charge in [0.1, 0.15) is 0 Å². The van der Waals surface area contributed by atoms with Crippen molar-refractivity contribution >= 4 is 18.2 Å². The number of hydrogen-bond donors (Lipinski definition) is 0. The largest absolute Gasteiger partial charge is 0.208 e. The number of aromatic nitrogens is 3. The van der Waals surface area contributed by atoms with Gasteiger partial charge in [0, 0.05) is 22.6 Å². The minimum Gasteiger partial charge on any atom is -0.208 e. The van der Waals surface area contributed by atoms with Crippen molar-refractivity contribution in [1.82, 2.24) is 15.0 Å². The monoisotopic (exact) mass is 747 g/mol. The second-order valence-corrected chi connectivity index (χ2v) is 15.8. The molecule has 0 aliphatic heterocycles. The summed E-state index contributed by atoms with van der Waals surface area (Å²) >= 11 is 0. The van der Waals surface area contributed by atoms with Crippen LogP contribution in [0.1, 0.15) is 42.4 Å². The predicted octanol–water partition coefficient (Wildman–Crippen LogP) is 11.9. The molecule has 0 radical (unpaired) electrons. The highest BCUT2D eigenvalue weighted by Gasteiger charge is 2.43. The summed E-state index contributed by atoms with van der Waals surface area (Å²) in [7, 11) is 0. The van der Waals surface area contributed by atoms with Gasteiger partial charge in [-0.15, -0.1) is 0 Å². The summed E-state index contributed by atoms with van der Waals surface area (Å²) < 4.78 is 0. The van der Waals surface area contributed by atoms with E-state index in [-0.39, 0.29) is 0 Å². The van der Waals surface area contributed by atoms with E-state index in [9.17, 15) is 0 Å². The molecule has 58 heavy (non-hydrogen) atoms. The van der Waals surface area contributed by atoms with Crippen LogP contribution >= 0.6 is 0 Å². The first-order valence-corrected chi connectivity index (χ1v) is 20.7. The summed E-state index contributed by atoms with van der Waals surface area (Å²) in [5.74, 6) is 4.06. The molecule has 0 saturated carbocycles. The van der Waals surface area contributed by atoms with Crippen molar-refractivity contribution < 1.29 is 0 Å². The number of benzene rings is 6. The van der Waals surface area contributed by atoms with Gasteiger partial charge in [-0.05, 0) is 99.4 Å². The maximum atomic E-state index is 5.30. The summed E-state index contributed by atoms with van der Waals surface area (Å²) in [6.45, 7) is 2.08. The number of rotatable bonds is 7. The zero-order chi connectivity index (χ0) is 38.8. The van der Waals surface area contributed by atoms with Crippen LogP contribution in [-0.4, -0.2) is 15.0 Å². The second-order valence-electron chi connectivity index (χ2n) is 15.8. The predicted molar refractivity (Wildman–Crippen MR) is 241 cm³/mol. The van der Waals surface area contributed by atoms with Crippen LogP contribution in [0, 0.1) is 17.8 Å². The number of allylic oxidation sites excluding steroid dienone is 5. The van der Waals surface area contributed by atoms with Crippen molar-refractivity contribution in [2.24, 2.45) is 17.8 Å². The number of fused-ring (bicyclic) bond motifs is 5. The van der Waals surface area contributed by atoms with Gasteiger partial charge < -0.3 is 0 Å². The molecule has 3 heteroatoms. The van der Waals surface area contributed by atoms with E-state index in [0.29, 0.717) is 35.3 Å². The average molecular weight is 748 g/mol. The minimum atomic E-state index is 0.329. The summed E-state index contributed by atoms with van der Waals surface area (Å²) in [6, 6.07) is 51.7. The Labute approximate surface area is 341 Å². The molecule has 0 bridgehead atoms. The van der Waals surface area contributed by atoms with Crippen LogP contribution in [-0.2, 0) is 6.42 Å². The second kappa shape index (κ2) is 15.7. The molecule has 280 valence electrons. The average Bonchev–Trinajstić information content (AvgIpc) is 3.70. The standard InChI is InChI=1S/C55H45N3/c1-2-38-16-9-10-19-39(38)23-13-15-37-27-29-43(30-28-37)54-56-53(42-21-7-4-8-22-42)57-55(58-54)49-34-33-47(45-25-14-24-44(35-45)40-17-5-3-6-18-40)52-48-32-31-41-20-11-12-26-46(41)50(48)36-51(49)52/h2-10,12-19,21-35,41,46,48,50H,11,20,36H2,1H3/b15-13+,38-2-,39-23-. The van der Waals surface area contributed by atoms with Gasteiger partial charge in [0.05, 0.1) is 0 Å². The molecule has 4 atom stereocenters. The van der Waals surface area contributed by atoms with Crippen molar-refractivity contribution in [3.8, 4) is 56.4 Å². The van der Waals surface area contributed by atoms with Crippen LogP contribution in [0.4, 0.5) is 0 Å². The van der Waals surface area contributed by atoms with Gasteiger partial charge in [-0.1, -0.05) is 188 Å². The van der Waals surface area contributed by atoms with Crippen LogP contribution in [0.3, 0.4) is 0 Å². The summed E-state index contributed by atoms with van der Waals surface area (Å²) in [5, 5.41) is 2.43. The molecular weight excluding hydrogens is 703 g/mol. The van der Waals surface area contributed by atoms with Crippen molar-refractivity contribution in [2.75, 3.05) is 0 Å². The Kier molecular flexibility index (Phi) is 9.64. The van der Waals surface area contributed by atoms with Crippen LogP contribution < -0.4 is 10.4 Å². The summed E-state index contributed by atoms with van der Waals surface area (Å²) in [6.07, 6.45) is 21.9. The first-order valence-electron chi connectivity index (χ1n) is 20.7. The Hall–Kier alpha value is -6.71. The normalized spacial score (nSPS) is 19.9. The lowest BCUT2D eigenvalue weighted by Gasteiger charge is -2.37. The molecule has 0 amide bonds. The fourth-order valence-electron chi connectivity index (χ4n) is 9.51. The van der Waals surface area contributed by atoms with Crippen molar-refractivity contribution in [2.45, 2.75) is 32.1 Å². The lowest BCUT2D eigenvalue weighted by atomic mass is 9.67. The van der Waals surface area contributed by atoms with Crippen LogP contribution in [0.5, 0.6) is 0 Å². The molecule has 0 fully saturated rings. The Balaban J connectivity index is 1.09. The topological polar surface area (TPSA) is 38.7 Å². The fourth-order valence-corrected chi connectivity index (χ4v) is 9.51. The highest BCUT2D eigenvalue weighted by atomic mass is 15.0. The van der Waals surface area contributed by atoms with Gasteiger partial charge in [-0.25, -0.2) is 15.0 Å². The van der Waals surface area contributed by atoms with Crippen molar-refractivity contribution in [3.63, 3.8) is 0 Å². The van der Waals surface area contributed by atoms with Crippen molar-refractivity contribution in [1.29, 1.82) is 0 Å². The minimum absolute atomic E-state index is 0.329. The molecular formula is C55H45N3. The van der Waals surface area contributed by atoms with Crippen molar-refractivity contribution in [3.05, 3.63) is 203 Å². The Morgan fingerprint density at radius 1 is 0.552 bits per heavy atom. The first kappa shape index (κ1) is 35.7. The summed E-state index contributed by atoms with van der Waals surface area (Å²) in [5.41, 5.74) is 12.0. The van der Waals surface area contributed by atoms with Gasteiger partial charge in [0.2, 0.25) is 0 Å². The van der Waals surface area contributed by atoms with E-state index in [1.807, 2.05) is 6.07 Å². The number of nitrogens with zero attached hydrogens (tertiary/aromatic N) is 3. The first-order chi connectivity index (χ1) is 28.7. The third-order valence-electron chi connectivity index (χ3n) is 12.4. The van der Waals surface area contributed by atoms with E-state index in [1.165, 1.54) is 50.2 Å². The van der Waals surface area contributed by atoms with Crippen LogP contribution in [0.15, 0.2) is 176 Å². The third-order valence-corrected chi connectivity index (χ3v) is 12.4. The SMILES string of the molecule is C/C=c1/cccc/c1=C/C=C/c1ccc(-c2nc(-c3ccccc3)nc(-c3ccc(-c4cccc(-c5ccccc5)c4)c4c3CC3C4C=CC4CCC=CC43)n2)cc1. The van der Waals surface area contributed by atoms with E-state index in [0.717, 1.165) is 40.9 Å². The van der Waals surface area contributed by atoms with Crippen LogP contribution in [0.25, 0.3) is 74.6 Å². The van der Waals surface area contributed by atoms with E-state index < -0.39 is 0 Å². The van der Waals surface area contributed by atoms with Gasteiger partial charge in [0.25, 0.3) is 0 Å². The van der Waals surface area contributed by atoms with Crippen LogP contribution in [0.2, 0.25) is 0 Å². The lowest BCUT2D eigenvalue weighted by molar-refractivity contribution is 0.272. The molecule has 1 heterocycles. The van der Waals surface area contributed by atoms with Gasteiger partial charge in [0.15, 0.2) is 17.5 Å². The molecule has 6 aromatic carbocycles. The maximum Gasteiger partial charge on any atom is 0.164 e. The highest BCUT2D eigenvalue weighted by molar-refractivity contribution is 5.81. The van der Waals surface area contributed by atoms with Gasteiger partial charge in [-0.2, -0.15) is 0 Å². The molecule has 3 aliphatic rings. The Bertz CT molecular complexity index is 2830. The molecule has 1 aromatic heterocycles. The molecule has 0 spiro atoms. The molecule has 3 aliphatic carbocycles. The molecule has 10 rings (SSSR count). The lowest BCUT2D eigenvalue weighted by Crippen LogP contribution is -2.28. The summed E-state index contributed by atoms with van der Waals surface area (Å²) in [4.78, 5) is 15.7. The zero-order valence-electron chi connectivity index (χ0n) is 32.7. The molecule has 7 aromatic rings. The third kappa shape index (κ3) is 6.88. The van der Waals surface area contributed by atoms with E-state index >= 15 is 0 Å². The quantitative estimate of drug-likeness (QED) is 0.152. The maximum absolute atomic E-state index is 5.30. The van der Waals surface area contributed by atoms with Gasteiger partial charge >= 0.3 is 0 Å². The van der Waals surface area contributed by atoms with Gasteiger partial charge in [-0.3, -0.25) is 0 Å². The Morgan fingerprint density at radius 2 is 1.21 bits per heavy atom. The van der Waals surface area contributed by atoms with E-state index in [2.05, 4.69) is 195 Å². The molecule has 0 saturated heterocycles. The molecule has 3 nitrogen and oxygen atoms in total. The van der Waals surface area contributed by atoms with E-state index in [4.69, 9.17) is 15.0 Å². The zero-order valence-corrected chi connectivity index (χ0v) is 32.7. The molecule has 4 unspecified atom stereocenters. The van der Waals surface area contributed by atoms with E-state index in [1.54, 1.807) is 0 Å². The molecule has 0 N–H and O–H groups in total. The Morgan fingerprint density at radius 3 is 1.98 bits per heavy atom. The number of hydrogen-bond acceptors (Lipinski definition) is 3.